The van der Waals surface area contributed by atoms with Gasteiger partial charge in [0.05, 0.1) is 31.5 Å². The lowest BCUT2D eigenvalue weighted by Gasteiger charge is -2.35. The number of aromatic nitrogens is 1. The number of pyridine rings is 1. The predicted octanol–water partition coefficient (Wildman–Crippen LogP) is 3.52. The number of carbonyl (C=O) groups is 1. The second kappa shape index (κ2) is 7.91. The van der Waals surface area contributed by atoms with Gasteiger partial charge in [0.15, 0.2) is 0 Å². The van der Waals surface area contributed by atoms with Gasteiger partial charge in [-0.05, 0) is 29.8 Å². The first kappa shape index (κ1) is 19.1. The Kier molecular flexibility index (Phi) is 5.59. The lowest BCUT2D eigenvalue weighted by molar-refractivity contribution is -0.141. The van der Waals surface area contributed by atoms with Gasteiger partial charge in [0.1, 0.15) is 11.5 Å². The standard InChI is InChI=1S/C18H17F4N3O2/c19-13-6-4-12(5-7-13)15-11-27-9-8-25(15)17(26)23-10-14-2-1-3-16(24-14)18(20,21)22/h1-7,15H,8-11H2,(H,23,26). The summed E-state index contributed by atoms with van der Waals surface area (Å²) in [4.78, 5) is 17.6. The van der Waals surface area contributed by atoms with Crippen LogP contribution in [0.4, 0.5) is 22.4 Å². The highest BCUT2D eigenvalue weighted by molar-refractivity contribution is 5.74. The van der Waals surface area contributed by atoms with Crippen LogP contribution in [0.15, 0.2) is 42.5 Å². The van der Waals surface area contributed by atoms with E-state index in [1.807, 2.05) is 0 Å². The van der Waals surface area contributed by atoms with E-state index in [1.54, 1.807) is 12.1 Å². The number of carbonyl (C=O) groups excluding carboxylic acids is 1. The van der Waals surface area contributed by atoms with Crippen molar-refractivity contribution in [2.45, 2.75) is 18.8 Å². The summed E-state index contributed by atoms with van der Waals surface area (Å²) in [6, 6.07) is 8.41. The van der Waals surface area contributed by atoms with Crippen molar-refractivity contribution in [2.24, 2.45) is 0 Å². The molecule has 3 rings (SSSR count). The molecular weight excluding hydrogens is 366 g/mol. The van der Waals surface area contributed by atoms with Gasteiger partial charge in [-0.15, -0.1) is 0 Å². The van der Waals surface area contributed by atoms with Gasteiger partial charge in [-0.3, -0.25) is 0 Å². The Hall–Kier alpha value is -2.68. The largest absolute Gasteiger partial charge is 0.433 e. The summed E-state index contributed by atoms with van der Waals surface area (Å²) in [5.74, 6) is -0.387. The molecule has 1 aromatic heterocycles. The maximum Gasteiger partial charge on any atom is 0.433 e. The second-order valence-corrected chi connectivity index (χ2v) is 6.01. The predicted molar refractivity (Wildman–Crippen MR) is 88.1 cm³/mol. The SMILES string of the molecule is O=C(NCc1cccc(C(F)(F)F)n1)N1CCOCC1c1ccc(F)cc1. The number of urea groups is 1. The zero-order valence-corrected chi connectivity index (χ0v) is 14.2. The maximum absolute atomic E-state index is 13.1. The van der Waals surface area contributed by atoms with E-state index < -0.39 is 23.9 Å². The molecule has 5 nitrogen and oxygen atoms in total. The van der Waals surface area contributed by atoms with Crippen molar-refractivity contribution in [3.63, 3.8) is 0 Å². The van der Waals surface area contributed by atoms with Crippen molar-refractivity contribution in [3.05, 3.63) is 65.2 Å². The van der Waals surface area contributed by atoms with E-state index in [2.05, 4.69) is 10.3 Å². The number of rotatable bonds is 3. The van der Waals surface area contributed by atoms with Crippen molar-refractivity contribution in [3.8, 4) is 0 Å². The summed E-state index contributed by atoms with van der Waals surface area (Å²) < 4.78 is 56.7. The molecule has 1 unspecified atom stereocenters. The summed E-state index contributed by atoms with van der Waals surface area (Å²) in [5.41, 5.74) is -0.196. The number of nitrogens with one attached hydrogen (secondary N) is 1. The fourth-order valence-corrected chi connectivity index (χ4v) is 2.81. The molecule has 1 fully saturated rings. The Labute approximate surface area is 153 Å². The summed E-state index contributed by atoms with van der Waals surface area (Å²) in [6.45, 7) is 0.758. The minimum absolute atomic E-state index is 0.102. The topological polar surface area (TPSA) is 54.5 Å². The summed E-state index contributed by atoms with van der Waals surface area (Å²) >= 11 is 0. The highest BCUT2D eigenvalue weighted by atomic mass is 19.4. The molecule has 144 valence electrons. The molecule has 9 heteroatoms. The molecule has 1 saturated heterocycles. The number of alkyl halides is 3. The minimum atomic E-state index is -4.54. The van der Waals surface area contributed by atoms with Crippen LogP contribution in [0.1, 0.15) is 23.0 Å². The zero-order chi connectivity index (χ0) is 19.4. The molecule has 0 spiro atoms. The minimum Gasteiger partial charge on any atom is -0.377 e. The Morgan fingerprint density at radius 1 is 1.22 bits per heavy atom. The number of hydrogen-bond donors (Lipinski definition) is 1. The lowest BCUT2D eigenvalue weighted by atomic mass is 10.1. The van der Waals surface area contributed by atoms with E-state index in [1.165, 1.54) is 29.2 Å². The van der Waals surface area contributed by atoms with Gasteiger partial charge in [0.25, 0.3) is 0 Å². The first-order chi connectivity index (χ1) is 12.8. The van der Waals surface area contributed by atoms with Crippen LogP contribution in [-0.4, -0.2) is 35.7 Å². The van der Waals surface area contributed by atoms with Gasteiger partial charge in [0.2, 0.25) is 0 Å². The summed E-state index contributed by atoms with van der Waals surface area (Å²) in [5, 5.41) is 2.59. The molecule has 0 saturated carbocycles. The third-order valence-electron chi connectivity index (χ3n) is 4.16. The first-order valence-corrected chi connectivity index (χ1v) is 8.25. The molecule has 2 heterocycles. The summed E-state index contributed by atoms with van der Waals surface area (Å²) in [7, 11) is 0. The fraction of sp³-hybridized carbons (Fsp3) is 0.333. The van der Waals surface area contributed by atoms with Crippen LogP contribution in [0, 0.1) is 5.82 Å². The molecular formula is C18H17F4N3O2. The van der Waals surface area contributed by atoms with Crippen LogP contribution >= 0.6 is 0 Å². The van der Waals surface area contributed by atoms with E-state index in [-0.39, 0.29) is 24.7 Å². The molecule has 1 aliphatic heterocycles. The molecule has 27 heavy (non-hydrogen) atoms. The second-order valence-electron chi connectivity index (χ2n) is 6.01. The van der Waals surface area contributed by atoms with Gasteiger partial charge in [-0.25, -0.2) is 14.2 Å². The van der Waals surface area contributed by atoms with E-state index in [0.29, 0.717) is 18.7 Å². The average molecular weight is 383 g/mol. The third kappa shape index (κ3) is 4.73. The van der Waals surface area contributed by atoms with Crippen LogP contribution in [0.5, 0.6) is 0 Å². The molecule has 2 aromatic rings. The van der Waals surface area contributed by atoms with Gasteiger partial charge in [-0.2, -0.15) is 13.2 Å². The van der Waals surface area contributed by atoms with Gasteiger partial charge in [-0.1, -0.05) is 18.2 Å². The van der Waals surface area contributed by atoms with E-state index in [9.17, 15) is 22.4 Å². The van der Waals surface area contributed by atoms with E-state index in [0.717, 1.165) is 6.07 Å². The summed E-state index contributed by atoms with van der Waals surface area (Å²) in [6.07, 6.45) is -4.54. The van der Waals surface area contributed by atoms with Crippen molar-refractivity contribution in [1.82, 2.24) is 15.2 Å². The highest BCUT2D eigenvalue weighted by Gasteiger charge is 2.32. The quantitative estimate of drug-likeness (QED) is 0.826. The normalized spacial score (nSPS) is 17.6. The number of morpholine rings is 1. The number of nitrogens with zero attached hydrogens (tertiary/aromatic N) is 2. The number of benzene rings is 1. The average Bonchev–Trinajstić information content (AvgIpc) is 2.66. The number of halogens is 4. The van der Waals surface area contributed by atoms with Crippen LogP contribution in [0.3, 0.4) is 0 Å². The van der Waals surface area contributed by atoms with E-state index in [4.69, 9.17) is 4.74 Å². The first-order valence-electron chi connectivity index (χ1n) is 8.25. The molecule has 2 amide bonds. The van der Waals surface area contributed by atoms with Gasteiger partial charge < -0.3 is 15.0 Å². The van der Waals surface area contributed by atoms with Crippen molar-refractivity contribution >= 4 is 6.03 Å². The number of ether oxygens (including phenoxy) is 1. The fourth-order valence-electron chi connectivity index (χ4n) is 2.81. The Bertz CT molecular complexity index is 796. The molecule has 0 aliphatic carbocycles. The lowest BCUT2D eigenvalue weighted by Crippen LogP contribution is -2.48. The maximum atomic E-state index is 13.1. The van der Waals surface area contributed by atoms with Crippen LogP contribution in [0.25, 0.3) is 0 Å². The molecule has 1 aliphatic rings. The van der Waals surface area contributed by atoms with Crippen molar-refractivity contribution in [2.75, 3.05) is 19.8 Å². The highest BCUT2D eigenvalue weighted by Crippen LogP contribution is 2.27. The zero-order valence-electron chi connectivity index (χ0n) is 14.2. The molecule has 1 N–H and O–H groups in total. The number of hydrogen-bond acceptors (Lipinski definition) is 3. The number of amides is 2. The third-order valence-corrected chi connectivity index (χ3v) is 4.16. The van der Waals surface area contributed by atoms with Crippen molar-refractivity contribution < 1.29 is 27.1 Å². The monoisotopic (exact) mass is 383 g/mol. The van der Waals surface area contributed by atoms with E-state index >= 15 is 0 Å². The van der Waals surface area contributed by atoms with Crippen LogP contribution < -0.4 is 5.32 Å². The Morgan fingerprint density at radius 2 is 1.96 bits per heavy atom. The van der Waals surface area contributed by atoms with Crippen molar-refractivity contribution in [1.29, 1.82) is 0 Å². The van der Waals surface area contributed by atoms with Gasteiger partial charge in [0, 0.05) is 6.54 Å². The molecule has 0 bridgehead atoms. The Morgan fingerprint density at radius 3 is 2.67 bits per heavy atom. The Balaban J connectivity index is 1.68. The van der Waals surface area contributed by atoms with Gasteiger partial charge >= 0.3 is 12.2 Å². The molecule has 1 atom stereocenters. The van der Waals surface area contributed by atoms with Crippen LogP contribution in [-0.2, 0) is 17.5 Å². The smallest absolute Gasteiger partial charge is 0.377 e. The molecule has 1 aromatic carbocycles. The molecule has 0 radical (unpaired) electrons. The van der Waals surface area contributed by atoms with Crippen LogP contribution in [0.2, 0.25) is 0 Å².